The molecular formula is C13H14N2O6S. The molecule has 0 atom stereocenters. The van der Waals surface area contributed by atoms with Crippen LogP contribution < -0.4 is 0 Å². The topological polar surface area (TPSA) is 118 Å². The highest BCUT2D eigenvalue weighted by molar-refractivity contribution is 7.97. The molecule has 0 unspecified atom stereocenters. The van der Waals surface area contributed by atoms with Gasteiger partial charge >= 0.3 is 5.97 Å². The molecule has 118 valence electrons. The molecule has 0 aliphatic carbocycles. The lowest BCUT2D eigenvalue weighted by molar-refractivity contribution is -0.385. The number of carbonyl (C=O) groups is 3. The number of rotatable bonds is 4. The third-order valence-corrected chi connectivity index (χ3v) is 3.43. The average Bonchev–Trinajstić information content (AvgIpc) is 2.36. The first-order valence-electron chi connectivity index (χ1n) is 6.02. The number of carboxylic acids is 1. The van der Waals surface area contributed by atoms with Crippen LogP contribution in [0.15, 0.2) is 0 Å². The van der Waals surface area contributed by atoms with Crippen molar-refractivity contribution in [1.29, 1.82) is 0 Å². The Morgan fingerprint density at radius 2 is 1.55 bits per heavy atom. The number of thiol groups is 1. The van der Waals surface area contributed by atoms with Crippen molar-refractivity contribution < 1.29 is 24.4 Å². The van der Waals surface area contributed by atoms with E-state index < -0.39 is 38.7 Å². The van der Waals surface area contributed by atoms with Crippen LogP contribution in [0.5, 0.6) is 0 Å². The molecule has 0 saturated heterocycles. The van der Waals surface area contributed by atoms with Gasteiger partial charge in [-0.3, -0.25) is 19.7 Å². The Labute approximate surface area is 131 Å². The summed E-state index contributed by atoms with van der Waals surface area (Å²) in [6, 6.07) is 0. The van der Waals surface area contributed by atoms with Crippen molar-refractivity contribution in [3.05, 3.63) is 37.9 Å². The molecular weight excluding hydrogens is 312 g/mol. The summed E-state index contributed by atoms with van der Waals surface area (Å²) in [5, 5.41) is 19.5. The van der Waals surface area contributed by atoms with E-state index in [2.05, 4.69) is 12.6 Å². The van der Waals surface area contributed by atoms with E-state index in [-0.39, 0.29) is 16.7 Å². The number of carboxylic acid groups (broad SMARTS) is 1. The number of amides is 1. The summed E-state index contributed by atoms with van der Waals surface area (Å²) in [6.45, 7) is 2.65. The minimum absolute atomic E-state index is 0.0351. The molecule has 0 heterocycles. The molecule has 0 aromatic heterocycles. The fraction of sp³-hybridized carbons (Fsp3) is 0.308. The molecule has 1 aromatic rings. The highest BCUT2D eigenvalue weighted by Crippen LogP contribution is 2.35. The first kappa shape index (κ1) is 17.6. The molecule has 9 heteroatoms. The van der Waals surface area contributed by atoms with Crippen LogP contribution >= 0.6 is 12.6 Å². The third kappa shape index (κ3) is 2.80. The van der Waals surface area contributed by atoms with Gasteiger partial charge in [0.15, 0.2) is 0 Å². The first-order valence-corrected chi connectivity index (χ1v) is 6.46. The minimum atomic E-state index is -1.59. The zero-order valence-electron chi connectivity index (χ0n) is 12.3. The number of aromatic carboxylic acids is 1. The molecule has 0 spiro atoms. The maximum atomic E-state index is 12.2. The second-order valence-corrected chi connectivity index (χ2v) is 5.20. The lowest BCUT2D eigenvalue weighted by Crippen LogP contribution is -2.26. The number of hydrogen-bond acceptors (Lipinski definition) is 5. The minimum Gasteiger partial charge on any atom is -0.477 e. The number of carbonyl (C=O) groups excluding carboxylic acids is 2. The second-order valence-electron chi connectivity index (χ2n) is 4.79. The van der Waals surface area contributed by atoms with Crippen molar-refractivity contribution in [3.63, 3.8) is 0 Å². The van der Waals surface area contributed by atoms with Gasteiger partial charge in [0.2, 0.25) is 5.12 Å². The molecule has 1 N–H and O–H groups in total. The van der Waals surface area contributed by atoms with Crippen molar-refractivity contribution in [2.24, 2.45) is 0 Å². The summed E-state index contributed by atoms with van der Waals surface area (Å²) < 4.78 is 0. The zero-order valence-corrected chi connectivity index (χ0v) is 13.2. The molecule has 0 saturated carbocycles. The molecule has 8 nitrogen and oxygen atoms in total. The predicted molar refractivity (Wildman–Crippen MR) is 80.9 cm³/mol. The Kier molecular flexibility index (Phi) is 4.92. The van der Waals surface area contributed by atoms with Crippen molar-refractivity contribution in [2.75, 3.05) is 14.1 Å². The molecule has 0 radical (unpaired) electrons. The lowest BCUT2D eigenvalue weighted by atomic mass is 9.90. The molecule has 0 aliphatic rings. The monoisotopic (exact) mass is 326 g/mol. The van der Waals surface area contributed by atoms with E-state index in [0.717, 1.165) is 0 Å². The first-order chi connectivity index (χ1) is 10.0. The van der Waals surface area contributed by atoms with Gasteiger partial charge in [-0.2, -0.15) is 0 Å². The van der Waals surface area contributed by atoms with Crippen LogP contribution in [0.1, 0.15) is 42.2 Å². The summed E-state index contributed by atoms with van der Waals surface area (Å²) in [6.07, 6.45) is 0. The van der Waals surface area contributed by atoms with E-state index in [1.54, 1.807) is 0 Å². The Balaban J connectivity index is 4.09. The maximum Gasteiger partial charge on any atom is 0.343 e. The Hall–Kier alpha value is -2.42. The van der Waals surface area contributed by atoms with Crippen LogP contribution in [-0.4, -0.2) is 46.0 Å². The van der Waals surface area contributed by atoms with Gasteiger partial charge in [-0.05, 0) is 25.0 Å². The fourth-order valence-electron chi connectivity index (χ4n) is 2.26. The fourth-order valence-corrected chi connectivity index (χ4v) is 2.54. The van der Waals surface area contributed by atoms with Crippen LogP contribution in [0, 0.1) is 24.0 Å². The van der Waals surface area contributed by atoms with Gasteiger partial charge in [-0.15, -0.1) is 12.6 Å². The maximum absolute atomic E-state index is 12.2. The van der Waals surface area contributed by atoms with Crippen molar-refractivity contribution in [2.45, 2.75) is 13.8 Å². The number of nitro groups is 1. The second kappa shape index (κ2) is 6.14. The summed E-state index contributed by atoms with van der Waals surface area (Å²) in [7, 11) is 2.90. The molecule has 1 aromatic carbocycles. The van der Waals surface area contributed by atoms with E-state index in [0.29, 0.717) is 0 Å². The highest BCUT2D eigenvalue weighted by atomic mass is 32.1. The lowest BCUT2D eigenvalue weighted by Gasteiger charge is -2.18. The van der Waals surface area contributed by atoms with E-state index in [9.17, 15) is 29.6 Å². The SMILES string of the molecule is Cc1c(C(=O)N(C)C)c(C)c(C(=O)S)c([N+](=O)[O-])c1C(=O)O. The Morgan fingerprint density at radius 1 is 1.09 bits per heavy atom. The number of nitrogens with zero attached hydrogens (tertiary/aromatic N) is 2. The highest BCUT2D eigenvalue weighted by Gasteiger charge is 2.35. The molecule has 0 bridgehead atoms. The van der Waals surface area contributed by atoms with Gasteiger partial charge in [-0.1, -0.05) is 0 Å². The quantitative estimate of drug-likeness (QED) is 0.494. The molecule has 1 rings (SSSR count). The van der Waals surface area contributed by atoms with Crippen molar-refractivity contribution in [1.82, 2.24) is 4.90 Å². The van der Waals surface area contributed by atoms with Gasteiger partial charge in [-0.25, -0.2) is 4.79 Å². The summed E-state index contributed by atoms with van der Waals surface area (Å²) in [5.41, 5.74) is -2.09. The van der Waals surface area contributed by atoms with Crippen LogP contribution in [0.4, 0.5) is 5.69 Å². The molecule has 0 aliphatic heterocycles. The van der Waals surface area contributed by atoms with Crippen molar-refractivity contribution >= 4 is 35.3 Å². The van der Waals surface area contributed by atoms with E-state index >= 15 is 0 Å². The molecule has 1 amide bonds. The summed E-state index contributed by atoms with van der Waals surface area (Å²) >= 11 is 3.58. The normalized spacial score (nSPS) is 10.2. The zero-order chi connectivity index (χ0) is 17.4. The van der Waals surface area contributed by atoms with Gasteiger partial charge in [0, 0.05) is 19.7 Å². The van der Waals surface area contributed by atoms with Crippen LogP contribution in [0.2, 0.25) is 0 Å². The van der Waals surface area contributed by atoms with E-state index in [4.69, 9.17) is 0 Å². The largest absolute Gasteiger partial charge is 0.477 e. The summed E-state index contributed by atoms with van der Waals surface area (Å²) in [4.78, 5) is 46.8. The smallest absolute Gasteiger partial charge is 0.343 e. The van der Waals surface area contributed by atoms with Crippen LogP contribution in [0.25, 0.3) is 0 Å². The van der Waals surface area contributed by atoms with Gasteiger partial charge in [0.25, 0.3) is 11.6 Å². The molecule has 0 fully saturated rings. The van der Waals surface area contributed by atoms with Gasteiger partial charge in [0.1, 0.15) is 11.1 Å². The molecule has 22 heavy (non-hydrogen) atoms. The Bertz CT molecular complexity index is 670. The van der Waals surface area contributed by atoms with E-state index in [1.807, 2.05) is 0 Å². The average molecular weight is 326 g/mol. The van der Waals surface area contributed by atoms with Gasteiger partial charge < -0.3 is 10.0 Å². The number of nitro benzene ring substituents is 1. The number of benzene rings is 1. The van der Waals surface area contributed by atoms with Gasteiger partial charge in [0.05, 0.1) is 4.92 Å². The van der Waals surface area contributed by atoms with Crippen molar-refractivity contribution in [3.8, 4) is 0 Å². The third-order valence-electron chi connectivity index (χ3n) is 3.20. The predicted octanol–water partition coefficient (Wildman–Crippen LogP) is 1.68. The Morgan fingerprint density at radius 3 is 1.86 bits per heavy atom. The van der Waals surface area contributed by atoms with Crippen LogP contribution in [-0.2, 0) is 0 Å². The number of hydrogen-bond donors (Lipinski definition) is 2. The van der Waals surface area contributed by atoms with Crippen LogP contribution in [0.3, 0.4) is 0 Å². The summed E-state index contributed by atoms with van der Waals surface area (Å²) in [5.74, 6) is -2.14. The standard InChI is InChI=1S/C13H14N2O6S/c1-5-7(11(16)14(3)4)6(2)9(13(19)22)10(15(20)21)8(5)12(17)18/h1-4H3,(H,17,18)(H,19,22). The van der Waals surface area contributed by atoms with E-state index in [1.165, 1.54) is 32.8 Å².